The molecule has 0 bridgehead atoms. The molecule has 1 fully saturated rings. The van der Waals surface area contributed by atoms with Gasteiger partial charge in [-0.05, 0) is 36.6 Å². The Bertz CT molecular complexity index is 562. The summed E-state index contributed by atoms with van der Waals surface area (Å²) < 4.78 is 1.14. The first kappa shape index (κ1) is 13.5. The van der Waals surface area contributed by atoms with Gasteiger partial charge in [0.1, 0.15) is 0 Å². The Balaban J connectivity index is 1.78. The van der Waals surface area contributed by atoms with Crippen LogP contribution >= 0.6 is 15.9 Å². The van der Waals surface area contributed by atoms with Crippen molar-refractivity contribution < 1.29 is 0 Å². The van der Waals surface area contributed by atoms with Gasteiger partial charge in [0.15, 0.2) is 0 Å². The molecule has 1 aliphatic heterocycles. The van der Waals surface area contributed by atoms with Crippen molar-refractivity contribution in [1.82, 2.24) is 0 Å². The maximum atomic E-state index is 3.58. The molecule has 0 saturated carbocycles. The number of benzene rings is 2. The summed E-state index contributed by atoms with van der Waals surface area (Å²) in [6.45, 7) is 3.19. The topological polar surface area (TPSA) is 15.3 Å². The van der Waals surface area contributed by atoms with Crippen LogP contribution < -0.4 is 10.2 Å². The highest BCUT2D eigenvalue weighted by Crippen LogP contribution is 2.32. The molecule has 2 aromatic carbocycles. The molecule has 0 spiro atoms. The minimum Gasteiger partial charge on any atom is -0.379 e. The molecule has 3 heteroatoms. The zero-order chi connectivity index (χ0) is 13.8. The number of hydrogen-bond acceptors (Lipinski definition) is 2. The highest BCUT2D eigenvalue weighted by atomic mass is 79.9. The fraction of sp³-hybridized carbons (Fsp3) is 0.294. The summed E-state index contributed by atoms with van der Waals surface area (Å²) in [5.74, 6) is 0. The lowest BCUT2D eigenvalue weighted by Gasteiger charge is -2.22. The van der Waals surface area contributed by atoms with E-state index in [4.69, 9.17) is 0 Å². The Morgan fingerprint density at radius 3 is 2.50 bits per heavy atom. The molecule has 0 amide bonds. The second kappa shape index (κ2) is 6.31. The van der Waals surface area contributed by atoms with Gasteiger partial charge in [-0.3, -0.25) is 0 Å². The number of rotatable bonds is 4. The lowest BCUT2D eigenvalue weighted by atomic mass is 10.2. The molecule has 1 aliphatic rings. The third-order valence-electron chi connectivity index (χ3n) is 3.73. The third kappa shape index (κ3) is 3.15. The molecule has 1 heterocycles. The molecule has 0 aromatic heterocycles. The second-order valence-electron chi connectivity index (χ2n) is 5.19. The van der Waals surface area contributed by atoms with Gasteiger partial charge in [-0.1, -0.05) is 46.3 Å². The van der Waals surface area contributed by atoms with Crippen LogP contribution in [-0.4, -0.2) is 13.1 Å². The quantitative estimate of drug-likeness (QED) is 0.876. The molecule has 2 nitrogen and oxygen atoms in total. The summed E-state index contributed by atoms with van der Waals surface area (Å²) >= 11 is 3.58. The van der Waals surface area contributed by atoms with Crippen LogP contribution in [0.3, 0.4) is 0 Å². The molecule has 1 saturated heterocycles. The van der Waals surface area contributed by atoms with E-state index in [1.807, 2.05) is 0 Å². The van der Waals surface area contributed by atoms with Crippen molar-refractivity contribution >= 4 is 27.3 Å². The van der Waals surface area contributed by atoms with Gasteiger partial charge in [0.2, 0.25) is 0 Å². The van der Waals surface area contributed by atoms with E-state index in [2.05, 4.69) is 74.7 Å². The Morgan fingerprint density at radius 2 is 1.75 bits per heavy atom. The second-order valence-corrected chi connectivity index (χ2v) is 6.11. The average molecular weight is 331 g/mol. The molecular weight excluding hydrogens is 312 g/mol. The van der Waals surface area contributed by atoms with Crippen molar-refractivity contribution in [2.45, 2.75) is 19.4 Å². The lowest BCUT2D eigenvalue weighted by molar-refractivity contribution is 0.949. The Hall–Kier alpha value is -1.48. The Kier molecular flexibility index (Phi) is 4.26. The molecule has 0 atom stereocenters. The number of anilines is 2. The molecule has 0 radical (unpaired) electrons. The highest BCUT2D eigenvalue weighted by Gasteiger charge is 2.16. The zero-order valence-corrected chi connectivity index (χ0v) is 13.1. The van der Waals surface area contributed by atoms with E-state index >= 15 is 0 Å². The van der Waals surface area contributed by atoms with E-state index in [0.717, 1.165) is 24.1 Å². The molecule has 0 unspecified atom stereocenters. The SMILES string of the molecule is Brc1ccc(NCc2ccccc2)c(N2CCCC2)c1. The van der Waals surface area contributed by atoms with Gasteiger partial charge in [0.25, 0.3) is 0 Å². The Morgan fingerprint density at radius 1 is 1.00 bits per heavy atom. The number of hydrogen-bond donors (Lipinski definition) is 1. The molecule has 3 rings (SSSR count). The van der Waals surface area contributed by atoms with Gasteiger partial charge in [-0.15, -0.1) is 0 Å². The maximum Gasteiger partial charge on any atom is 0.0613 e. The summed E-state index contributed by atoms with van der Waals surface area (Å²) in [5, 5.41) is 3.57. The van der Waals surface area contributed by atoms with Gasteiger partial charge in [0.05, 0.1) is 11.4 Å². The van der Waals surface area contributed by atoms with Crippen LogP contribution in [0.2, 0.25) is 0 Å². The van der Waals surface area contributed by atoms with Crippen molar-refractivity contribution in [2.24, 2.45) is 0 Å². The summed E-state index contributed by atoms with van der Waals surface area (Å²) in [6, 6.07) is 17.0. The van der Waals surface area contributed by atoms with Crippen LogP contribution in [0.25, 0.3) is 0 Å². The monoisotopic (exact) mass is 330 g/mol. The fourth-order valence-corrected chi connectivity index (χ4v) is 3.02. The van der Waals surface area contributed by atoms with Gasteiger partial charge in [-0.25, -0.2) is 0 Å². The van der Waals surface area contributed by atoms with Crippen molar-refractivity contribution in [1.29, 1.82) is 0 Å². The van der Waals surface area contributed by atoms with E-state index in [9.17, 15) is 0 Å². The van der Waals surface area contributed by atoms with E-state index in [-0.39, 0.29) is 0 Å². The summed E-state index contributed by atoms with van der Waals surface area (Å²) in [5.41, 5.74) is 3.84. The van der Waals surface area contributed by atoms with Gasteiger partial charge >= 0.3 is 0 Å². The van der Waals surface area contributed by atoms with E-state index in [1.54, 1.807) is 0 Å². The smallest absolute Gasteiger partial charge is 0.0613 e. The molecule has 1 N–H and O–H groups in total. The highest BCUT2D eigenvalue weighted by molar-refractivity contribution is 9.10. The van der Waals surface area contributed by atoms with E-state index < -0.39 is 0 Å². The molecule has 2 aromatic rings. The average Bonchev–Trinajstić information content (AvgIpc) is 3.01. The molecule has 0 aliphatic carbocycles. The number of halogens is 1. The largest absolute Gasteiger partial charge is 0.379 e. The van der Waals surface area contributed by atoms with Crippen LogP contribution in [-0.2, 0) is 6.54 Å². The van der Waals surface area contributed by atoms with Crippen molar-refractivity contribution in [3.05, 3.63) is 58.6 Å². The lowest BCUT2D eigenvalue weighted by Crippen LogP contribution is -2.19. The predicted octanol–water partition coefficient (Wildman–Crippen LogP) is 4.66. The van der Waals surface area contributed by atoms with Crippen LogP contribution in [0.1, 0.15) is 18.4 Å². The van der Waals surface area contributed by atoms with Crippen LogP contribution in [0.15, 0.2) is 53.0 Å². The van der Waals surface area contributed by atoms with Gasteiger partial charge < -0.3 is 10.2 Å². The molecular formula is C17H19BrN2. The van der Waals surface area contributed by atoms with E-state index in [1.165, 1.54) is 29.8 Å². The number of nitrogens with zero attached hydrogens (tertiary/aromatic N) is 1. The van der Waals surface area contributed by atoms with Gasteiger partial charge in [-0.2, -0.15) is 0 Å². The summed E-state index contributed by atoms with van der Waals surface area (Å²) in [4.78, 5) is 2.47. The summed E-state index contributed by atoms with van der Waals surface area (Å²) in [7, 11) is 0. The first-order valence-corrected chi connectivity index (χ1v) is 7.94. The zero-order valence-electron chi connectivity index (χ0n) is 11.5. The third-order valence-corrected chi connectivity index (χ3v) is 4.23. The maximum absolute atomic E-state index is 3.58. The van der Waals surface area contributed by atoms with Gasteiger partial charge in [0, 0.05) is 24.1 Å². The van der Waals surface area contributed by atoms with Crippen molar-refractivity contribution in [3.8, 4) is 0 Å². The van der Waals surface area contributed by atoms with Crippen LogP contribution in [0.5, 0.6) is 0 Å². The van der Waals surface area contributed by atoms with Crippen molar-refractivity contribution in [2.75, 3.05) is 23.3 Å². The Labute approximate surface area is 128 Å². The fourth-order valence-electron chi connectivity index (χ4n) is 2.67. The standard InChI is InChI=1S/C17H19BrN2/c18-15-8-9-16(17(12-15)20-10-4-5-11-20)19-13-14-6-2-1-3-7-14/h1-3,6-9,12,19H,4-5,10-11,13H2. The van der Waals surface area contributed by atoms with E-state index in [0.29, 0.717) is 0 Å². The minimum atomic E-state index is 0.864. The normalized spacial score (nSPS) is 14.6. The first-order valence-electron chi connectivity index (χ1n) is 7.15. The molecule has 104 valence electrons. The van der Waals surface area contributed by atoms with Crippen molar-refractivity contribution in [3.63, 3.8) is 0 Å². The predicted molar refractivity (Wildman–Crippen MR) is 89.4 cm³/mol. The minimum absolute atomic E-state index is 0.864. The molecule has 20 heavy (non-hydrogen) atoms. The van der Waals surface area contributed by atoms with Crippen LogP contribution in [0.4, 0.5) is 11.4 Å². The summed E-state index contributed by atoms with van der Waals surface area (Å²) in [6.07, 6.45) is 2.59. The number of nitrogens with one attached hydrogen (secondary N) is 1. The first-order chi connectivity index (χ1) is 9.83. The van der Waals surface area contributed by atoms with Crippen LogP contribution in [0, 0.1) is 0 Å².